The van der Waals surface area contributed by atoms with Crippen molar-refractivity contribution in [1.29, 1.82) is 0 Å². The molecule has 0 aromatic rings. The minimum absolute atomic E-state index is 0.317. The summed E-state index contributed by atoms with van der Waals surface area (Å²) in [6.45, 7) is 5.07. The summed E-state index contributed by atoms with van der Waals surface area (Å²) in [6, 6.07) is 0. The van der Waals surface area contributed by atoms with Crippen LogP contribution >= 0.6 is 0 Å². The Bertz CT molecular complexity index is 95.3. The van der Waals surface area contributed by atoms with Gasteiger partial charge in [-0.05, 0) is 32.4 Å². The lowest BCUT2D eigenvalue weighted by molar-refractivity contribution is 0.0567. The summed E-state index contributed by atoms with van der Waals surface area (Å²) >= 11 is 0. The maximum atomic E-state index is 11.1. The Morgan fingerprint density at radius 3 is 3.00 bits per heavy atom. The van der Waals surface area contributed by atoms with Gasteiger partial charge in [-0.1, -0.05) is 6.92 Å². The highest BCUT2D eigenvalue weighted by atomic mass is 16.3. The number of nitrogens with zero attached hydrogens (tertiary/aromatic N) is 1. The number of hydrogen-bond acceptors (Lipinski definition) is 1. The van der Waals surface area contributed by atoms with Crippen LogP contribution in [-0.2, 0) is 5.11 Å². The molecule has 0 aromatic heterocycles. The molecule has 0 aromatic carbocycles. The zero-order valence-corrected chi connectivity index (χ0v) is 6.68. The van der Waals surface area contributed by atoms with Crippen LogP contribution in [0.1, 0.15) is 26.2 Å². The van der Waals surface area contributed by atoms with E-state index in [1.807, 2.05) is 0 Å². The third-order valence-electron chi connectivity index (χ3n) is 2.16. The van der Waals surface area contributed by atoms with Gasteiger partial charge in [-0.25, -0.2) is 5.11 Å². The average molecular weight is 142 g/mol. The molecule has 1 aliphatic rings. The molecule has 1 rings (SSSR count). The van der Waals surface area contributed by atoms with Gasteiger partial charge >= 0.3 is 0 Å². The van der Waals surface area contributed by atoms with Gasteiger partial charge in [0.2, 0.25) is 0 Å². The molecule has 0 N–H and O–H groups in total. The minimum atomic E-state index is -0.317. The molecule has 0 amide bonds. The molecular weight excluding hydrogens is 126 g/mol. The first-order valence-corrected chi connectivity index (χ1v) is 4.21. The van der Waals surface area contributed by atoms with Crippen molar-refractivity contribution in [1.82, 2.24) is 4.90 Å². The van der Waals surface area contributed by atoms with Gasteiger partial charge in [-0.15, -0.1) is 0 Å². The number of likely N-dealkylation sites (N-methyl/N-ethyl adjacent to an activating group) is 1. The van der Waals surface area contributed by atoms with E-state index in [-0.39, 0.29) is 6.10 Å². The lowest BCUT2D eigenvalue weighted by Crippen LogP contribution is -2.29. The summed E-state index contributed by atoms with van der Waals surface area (Å²) in [7, 11) is 0. The van der Waals surface area contributed by atoms with E-state index in [1.165, 1.54) is 6.42 Å². The molecule has 0 bridgehead atoms. The largest absolute Gasteiger partial charge is 0.301 e. The fraction of sp³-hybridized carbons (Fsp3) is 1.00. The minimum Gasteiger partial charge on any atom is -0.301 e. The Hall–Kier alpha value is -0.0800. The van der Waals surface area contributed by atoms with Crippen LogP contribution in [0.2, 0.25) is 0 Å². The molecule has 1 radical (unpaired) electrons. The highest BCUT2D eigenvalue weighted by Gasteiger charge is 2.14. The average Bonchev–Trinajstić information content (AvgIpc) is 2.13. The van der Waals surface area contributed by atoms with E-state index in [0.29, 0.717) is 0 Å². The van der Waals surface area contributed by atoms with E-state index in [1.54, 1.807) is 0 Å². The lowest BCUT2D eigenvalue weighted by atomic mass is 10.2. The second-order valence-electron chi connectivity index (χ2n) is 3.01. The number of likely N-dealkylation sites (tertiary alicyclic amines) is 1. The summed E-state index contributed by atoms with van der Waals surface area (Å²) in [5.74, 6) is 0. The Morgan fingerprint density at radius 2 is 2.30 bits per heavy atom. The third-order valence-corrected chi connectivity index (χ3v) is 2.16. The van der Waals surface area contributed by atoms with E-state index in [2.05, 4.69) is 11.8 Å². The Morgan fingerprint density at radius 1 is 1.50 bits per heavy atom. The highest BCUT2D eigenvalue weighted by Crippen LogP contribution is 2.09. The van der Waals surface area contributed by atoms with Gasteiger partial charge in [0.15, 0.2) is 0 Å². The van der Waals surface area contributed by atoms with Crippen LogP contribution in [0.15, 0.2) is 0 Å². The molecule has 1 unspecified atom stereocenters. The van der Waals surface area contributed by atoms with Crippen molar-refractivity contribution in [2.24, 2.45) is 0 Å². The van der Waals surface area contributed by atoms with Gasteiger partial charge in [-0.3, -0.25) is 0 Å². The normalized spacial score (nSPS) is 30.0. The first kappa shape index (κ1) is 8.02. The molecule has 1 aliphatic heterocycles. The molecule has 2 heteroatoms. The fourth-order valence-corrected chi connectivity index (χ4v) is 1.47. The van der Waals surface area contributed by atoms with Crippen LogP contribution in [0.5, 0.6) is 0 Å². The molecular formula is C8H16NO. The first-order chi connectivity index (χ1) is 4.83. The zero-order valence-electron chi connectivity index (χ0n) is 6.68. The van der Waals surface area contributed by atoms with Crippen LogP contribution < -0.4 is 0 Å². The van der Waals surface area contributed by atoms with Crippen LogP contribution in [0.3, 0.4) is 0 Å². The molecule has 1 fully saturated rings. The van der Waals surface area contributed by atoms with Crippen molar-refractivity contribution in [2.75, 3.05) is 19.6 Å². The monoisotopic (exact) mass is 142 g/mol. The topological polar surface area (TPSA) is 23.1 Å². The maximum Gasteiger partial charge on any atom is 0.106 e. The number of hydrogen-bond donors (Lipinski definition) is 0. The van der Waals surface area contributed by atoms with Gasteiger partial charge in [0.05, 0.1) is 0 Å². The number of rotatable bonds is 1. The van der Waals surface area contributed by atoms with Gasteiger partial charge in [0, 0.05) is 6.54 Å². The SMILES string of the molecule is CCN1CCCCC([O])C1. The van der Waals surface area contributed by atoms with E-state index >= 15 is 0 Å². The highest BCUT2D eigenvalue weighted by molar-refractivity contribution is 4.68. The summed E-state index contributed by atoms with van der Waals surface area (Å²) in [5, 5.41) is 11.1. The van der Waals surface area contributed by atoms with Crippen LogP contribution in [0, 0.1) is 0 Å². The van der Waals surface area contributed by atoms with Gasteiger partial charge in [0.1, 0.15) is 6.10 Å². The first-order valence-electron chi connectivity index (χ1n) is 4.21. The Labute approximate surface area is 62.8 Å². The van der Waals surface area contributed by atoms with Crippen molar-refractivity contribution in [3.63, 3.8) is 0 Å². The Kier molecular flexibility index (Phi) is 3.16. The molecule has 1 atom stereocenters. The molecule has 10 heavy (non-hydrogen) atoms. The summed E-state index contributed by atoms with van der Waals surface area (Å²) in [6.07, 6.45) is 2.91. The fourth-order valence-electron chi connectivity index (χ4n) is 1.47. The quantitative estimate of drug-likeness (QED) is 0.541. The van der Waals surface area contributed by atoms with Crippen molar-refractivity contribution >= 4 is 0 Å². The van der Waals surface area contributed by atoms with E-state index in [4.69, 9.17) is 0 Å². The zero-order chi connectivity index (χ0) is 7.40. The predicted octanol–water partition coefficient (Wildman–Crippen LogP) is 1.29. The van der Waals surface area contributed by atoms with Crippen molar-refractivity contribution in [3.05, 3.63) is 0 Å². The molecule has 0 saturated carbocycles. The summed E-state index contributed by atoms with van der Waals surface area (Å²) in [5.41, 5.74) is 0. The van der Waals surface area contributed by atoms with E-state index in [0.717, 1.165) is 32.5 Å². The Balaban J connectivity index is 2.30. The van der Waals surface area contributed by atoms with Gasteiger partial charge in [-0.2, -0.15) is 0 Å². The van der Waals surface area contributed by atoms with Gasteiger partial charge < -0.3 is 4.90 Å². The van der Waals surface area contributed by atoms with Crippen molar-refractivity contribution in [3.8, 4) is 0 Å². The van der Waals surface area contributed by atoms with Crippen LogP contribution in [-0.4, -0.2) is 30.6 Å². The smallest absolute Gasteiger partial charge is 0.106 e. The second kappa shape index (κ2) is 3.94. The second-order valence-corrected chi connectivity index (χ2v) is 3.01. The molecule has 2 nitrogen and oxygen atoms in total. The van der Waals surface area contributed by atoms with Gasteiger partial charge in [0.25, 0.3) is 0 Å². The summed E-state index contributed by atoms with van der Waals surface area (Å²) < 4.78 is 0. The van der Waals surface area contributed by atoms with Crippen molar-refractivity contribution in [2.45, 2.75) is 32.3 Å². The standard InChI is InChI=1S/C8H16NO/c1-2-9-6-4-3-5-8(10)7-9/h8H,2-7H2,1H3. The maximum absolute atomic E-state index is 11.1. The molecule has 1 saturated heterocycles. The van der Waals surface area contributed by atoms with E-state index in [9.17, 15) is 5.11 Å². The molecule has 0 spiro atoms. The predicted molar refractivity (Wildman–Crippen MR) is 40.4 cm³/mol. The third kappa shape index (κ3) is 2.27. The van der Waals surface area contributed by atoms with Crippen LogP contribution in [0.4, 0.5) is 0 Å². The molecule has 1 heterocycles. The van der Waals surface area contributed by atoms with Crippen molar-refractivity contribution < 1.29 is 5.11 Å². The summed E-state index contributed by atoms with van der Waals surface area (Å²) in [4.78, 5) is 2.25. The lowest BCUT2D eigenvalue weighted by Gasteiger charge is -2.17. The molecule has 59 valence electrons. The van der Waals surface area contributed by atoms with E-state index < -0.39 is 0 Å². The molecule has 0 aliphatic carbocycles. The van der Waals surface area contributed by atoms with Crippen LogP contribution in [0.25, 0.3) is 0 Å².